The maximum absolute atomic E-state index is 13.0. The molecule has 1 heterocycles. The van der Waals surface area contributed by atoms with E-state index in [2.05, 4.69) is 0 Å². The number of morpholine rings is 1. The molecule has 0 radical (unpaired) electrons. The lowest BCUT2D eigenvalue weighted by molar-refractivity contribution is -0.135. The van der Waals surface area contributed by atoms with Crippen molar-refractivity contribution in [2.75, 3.05) is 33.4 Å². The van der Waals surface area contributed by atoms with Gasteiger partial charge in [0.15, 0.2) is 0 Å². The molecule has 0 bridgehead atoms. The van der Waals surface area contributed by atoms with Crippen LogP contribution in [0.25, 0.3) is 0 Å². The van der Waals surface area contributed by atoms with Gasteiger partial charge in [-0.2, -0.15) is 0 Å². The molecule has 0 spiro atoms. The van der Waals surface area contributed by atoms with E-state index in [0.717, 1.165) is 22.6 Å². The van der Waals surface area contributed by atoms with Gasteiger partial charge in [0.1, 0.15) is 11.5 Å². The highest BCUT2D eigenvalue weighted by molar-refractivity contribution is 5.78. The molecule has 2 aromatic carbocycles. The number of amides is 1. The average molecular weight is 383 g/mol. The Balaban J connectivity index is 1.88. The van der Waals surface area contributed by atoms with Gasteiger partial charge >= 0.3 is 0 Å². The molecule has 1 amide bonds. The van der Waals surface area contributed by atoms with E-state index in [4.69, 9.17) is 14.2 Å². The van der Waals surface area contributed by atoms with Gasteiger partial charge in [-0.3, -0.25) is 4.79 Å². The van der Waals surface area contributed by atoms with Crippen LogP contribution in [0.15, 0.2) is 48.5 Å². The number of carbonyl (C=O) groups is 1. The van der Waals surface area contributed by atoms with Crippen molar-refractivity contribution in [1.29, 1.82) is 0 Å². The first-order valence-electron chi connectivity index (χ1n) is 9.83. The molecule has 0 saturated carbocycles. The van der Waals surface area contributed by atoms with E-state index in [1.807, 2.05) is 67.3 Å². The smallest absolute Gasteiger partial charge is 0.223 e. The maximum atomic E-state index is 13.0. The highest BCUT2D eigenvalue weighted by Crippen LogP contribution is 2.35. The third kappa shape index (κ3) is 5.04. The summed E-state index contributed by atoms with van der Waals surface area (Å²) in [6.07, 6.45) is 0.517. The second-order valence-electron chi connectivity index (χ2n) is 7.23. The molecule has 150 valence electrons. The standard InChI is InChI=1S/C23H29NO4/c1-17(2)28-19-10-8-18(9-11-19)21(20-6-4-5-7-22(20)26-3)16-23(25)24-12-14-27-15-13-24/h4-11,17,21H,12-16H2,1-3H3/t21-/m1/s1. The van der Waals surface area contributed by atoms with Gasteiger partial charge in [0.2, 0.25) is 5.91 Å². The van der Waals surface area contributed by atoms with Crippen molar-refractivity contribution in [3.63, 3.8) is 0 Å². The van der Waals surface area contributed by atoms with Crippen LogP contribution in [-0.4, -0.2) is 50.3 Å². The summed E-state index contributed by atoms with van der Waals surface area (Å²) in [5.41, 5.74) is 2.09. The molecule has 0 aromatic heterocycles. The lowest BCUT2D eigenvalue weighted by Crippen LogP contribution is -2.41. The van der Waals surface area contributed by atoms with E-state index < -0.39 is 0 Å². The lowest BCUT2D eigenvalue weighted by atomic mass is 9.87. The second kappa shape index (κ2) is 9.60. The van der Waals surface area contributed by atoms with E-state index >= 15 is 0 Å². The highest BCUT2D eigenvalue weighted by Gasteiger charge is 2.25. The van der Waals surface area contributed by atoms with E-state index in [1.54, 1.807) is 7.11 Å². The molecule has 1 saturated heterocycles. The summed E-state index contributed by atoms with van der Waals surface area (Å²) in [5, 5.41) is 0. The van der Waals surface area contributed by atoms with Gasteiger partial charge in [-0.15, -0.1) is 0 Å². The minimum Gasteiger partial charge on any atom is -0.496 e. The van der Waals surface area contributed by atoms with Crippen molar-refractivity contribution in [3.05, 3.63) is 59.7 Å². The first-order valence-corrected chi connectivity index (χ1v) is 9.83. The highest BCUT2D eigenvalue weighted by atomic mass is 16.5. The molecule has 0 unspecified atom stereocenters. The average Bonchev–Trinajstić information content (AvgIpc) is 2.73. The van der Waals surface area contributed by atoms with Crippen molar-refractivity contribution in [2.24, 2.45) is 0 Å². The topological polar surface area (TPSA) is 48.0 Å². The number of hydrogen-bond donors (Lipinski definition) is 0. The number of benzene rings is 2. The molecule has 3 rings (SSSR count). The van der Waals surface area contributed by atoms with Crippen LogP contribution in [0.4, 0.5) is 0 Å². The van der Waals surface area contributed by atoms with Crippen LogP contribution in [-0.2, 0) is 9.53 Å². The minimum absolute atomic E-state index is 0.0837. The van der Waals surface area contributed by atoms with Crippen LogP contribution in [0.3, 0.4) is 0 Å². The Hall–Kier alpha value is -2.53. The van der Waals surface area contributed by atoms with Crippen LogP contribution in [0.1, 0.15) is 37.3 Å². The molecule has 1 aliphatic heterocycles. The Kier molecular flexibility index (Phi) is 6.93. The predicted molar refractivity (Wildman–Crippen MR) is 109 cm³/mol. The third-order valence-corrected chi connectivity index (χ3v) is 4.91. The Morgan fingerprint density at radius 2 is 1.75 bits per heavy atom. The zero-order chi connectivity index (χ0) is 19.9. The predicted octanol–water partition coefficient (Wildman–Crippen LogP) is 3.86. The molecule has 1 fully saturated rings. The monoisotopic (exact) mass is 383 g/mol. The molecule has 28 heavy (non-hydrogen) atoms. The van der Waals surface area contributed by atoms with Gasteiger partial charge in [-0.05, 0) is 37.6 Å². The van der Waals surface area contributed by atoms with E-state index in [0.29, 0.717) is 32.7 Å². The number of para-hydroxylation sites is 1. The summed E-state index contributed by atoms with van der Waals surface area (Å²) in [5.74, 6) is 1.68. The Morgan fingerprint density at radius 3 is 2.39 bits per heavy atom. The van der Waals surface area contributed by atoms with Crippen molar-refractivity contribution in [3.8, 4) is 11.5 Å². The van der Waals surface area contributed by atoms with Crippen LogP contribution < -0.4 is 9.47 Å². The quantitative estimate of drug-likeness (QED) is 0.728. The number of hydrogen-bond acceptors (Lipinski definition) is 4. The van der Waals surface area contributed by atoms with Crippen molar-refractivity contribution in [1.82, 2.24) is 4.90 Å². The Morgan fingerprint density at radius 1 is 1.07 bits per heavy atom. The molecule has 5 heteroatoms. The molecular weight excluding hydrogens is 354 g/mol. The van der Waals surface area contributed by atoms with Crippen molar-refractivity contribution in [2.45, 2.75) is 32.3 Å². The fourth-order valence-electron chi connectivity index (χ4n) is 3.53. The molecule has 1 aliphatic rings. The Bertz CT molecular complexity index is 766. The van der Waals surface area contributed by atoms with Crippen LogP contribution >= 0.6 is 0 Å². The number of carbonyl (C=O) groups excluding carboxylic acids is 1. The van der Waals surface area contributed by atoms with Gasteiger partial charge < -0.3 is 19.1 Å². The van der Waals surface area contributed by atoms with Gasteiger partial charge in [-0.1, -0.05) is 30.3 Å². The molecule has 0 aliphatic carbocycles. The minimum atomic E-state index is -0.0837. The van der Waals surface area contributed by atoms with Crippen LogP contribution in [0.2, 0.25) is 0 Å². The largest absolute Gasteiger partial charge is 0.496 e. The zero-order valence-corrected chi connectivity index (χ0v) is 16.9. The second-order valence-corrected chi connectivity index (χ2v) is 7.23. The van der Waals surface area contributed by atoms with Crippen molar-refractivity contribution < 1.29 is 19.0 Å². The summed E-state index contributed by atoms with van der Waals surface area (Å²) in [6.45, 7) is 6.52. The number of ether oxygens (including phenoxy) is 3. The first-order chi connectivity index (χ1) is 13.6. The summed E-state index contributed by atoms with van der Waals surface area (Å²) in [4.78, 5) is 14.9. The maximum Gasteiger partial charge on any atom is 0.223 e. The Labute approximate surface area is 167 Å². The van der Waals surface area contributed by atoms with Gasteiger partial charge in [0, 0.05) is 31.0 Å². The fraction of sp³-hybridized carbons (Fsp3) is 0.435. The number of methoxy groups -OCH3 is 1. The van der Waals surface area contributed by atoms with E-state index in [-0.39, 0.29) is 17.9 Å². The van der Waals surface area contributed by atoms with Crippen LogP contribution in [0.5, 0.6) is 11.5 Å². The number of nitrogens with zero attached hydrogens (tertiary/aromatic N) is 1. The van der Waals surface area contributed by atoms with Gasteiger partial charge in [0.05, 0.1) is 26.4 Å². The van der Waals surface area contributed by atoms with Gasteiger partial charge in [0.25, 0.3) is 0 Å². The van der Waals surface area contributed by atoms with Crippen molar-refractivity contribution >= 4 is 5.91 Å². The number of rotatable bonds is 7. The summed E-state index contributed by atoms with van der Waals surface area (Å²) in [6, 6.07) is 15.9. The normalized spacial score (nSPS) is 15.4. The van der Waals surface area contributed by atoms with Gasteiger partial charge in [-0.25, -0.2) is 0 Å². The molecule has 5 nitrogen and oxygen atoms in total. The molecule has 2 aromatic rings. The zero-order valence-electron chi connectivity index (χ0n) is 16.9. The fourth-order valence-corrected chi connectivity index (χ4v) is 3.53. The molecular formula is C23H29NO4. The lowest BCUT2D eigenvalue weighted by Gasteiger charge is -2.29. The molecule has 1 atom stereocenters. The molecule has 0 N–H and O–H groups in total. The van der Waals surface area contributed by atoms with E-state index in [1.165, 1.54) is 0 Å². The van der Waals surface area contributed by atoms with E-state index in [9.17, 15) is 4.79 Å². The summed E-state index contributed by atoms with van der Waals surface area (Å²) >= 11 is 0. The summed E-state index contributed by atoms with van der Waals surface area (Å²) < 4.78 is 16.7. The third-order valence-electron chi connectivity index (χ3n) is 4.91. The van der Waals surface area contributed by atoms with Crippen LogP contribution in [0, 0.1) is 0 Å². The SMILES string of the molecule is COc1ccccc1[C@H](CC(=O)N1CCOCC1)c1ccc(OC(C)C)cc1. The summed E-state index contributed by atoms with van der Waals surface area (Å²) in [7, 11) is 1.67. The first kappa shape index (κ1) is 20.2.